The van der Waals surface area contributed by atoms with Crippen molar-refractivity contribution < 1.29 is 31.1 Å². The highest BCUT2D eigenvalue weighted by molar-refractivity contribution is 7.89. The molecule has 1 amide bonds. The maximum atomic E-state index is 12.6. The summed E-state index contributed by atoms with van der Waals surface area (Å²) >= 11 is 0. The van der Waals surface area contributed by atoms with Crippen LogP contribution >= 0.6 is 0 Å². The fourth-order valence-electron chi connectivity index (χ4n) is 2.31. The van der Waals surface area contributed by atoms with Gasteiger partial charge in [-0.1, -0.05) is 12.1 Å². The number of methoxy groups -OCH3 is 1. The Labute approximate surface area is 161 Å². The molecule has 0 heterocycles. The van der Waals surface area contributed by atoms with Gasteiger partial charge >= 0.3 is 6.18 Å². The van der Waals surface area contributed by atoms with Crippen molar-refractivity contribution in [1.29, 1.82) is 0 Å². The number of nitrogens with one attached hydrogen (secondary N) is 1. The summed E-state index contributed by atoms with van der Waals surface area (Å²) in [6.45, 7) is -0.0151. The van der Waals surface area contributed by atoms with Crippen molar-refractivity contribution in [3.8, 4) is 5.75 Å². The number of carbonyl (C=O) groups excluding carboxylic acids is 1. The Morgan fingerprint density at radius 1 is 1.11 bits per heavy atom. The number of hydrogen-bond donors (Lipinski definition) is 1. The summed E-state index contributed by atoms with van der Waals surface area (Å²) in [4.78, 5) is 12.2. The van der Waals surface area contributed by atoms with Gasteiger partial charge in [0.2, 0.25) is 10.0 Å². The number of nitrogens with zero attached hydrogens (tertiary/aromatic N) is 1. The molecule has 0 radical (unpaired) electrons. The first-order chi connectivity index (χ1) is 13.0. The Bertz CT molecular complexity index is 956. The molecule has 0 aliphatic heterocycles. The number of benzene rings is 2. The van der Waals surface area contributed by atoms with Gasteiger partial charge in [0.15, 0.2) is 0 Å². The van der Waals surface area contributed by atoms with Crippen molar-refractivity contribution in [2.24, 2.45) is 0 Å². The molecule has 2 aromatic carbocycles. The largest absolute Gasteiger partial charge is 0.495 e. The van der Waals surface area contributed by atoms with Gasteiger partial charge in [-0.15, -0.1) is 0 Å². The van der Waals surface area contributed by atoms with Crippen LogP contribution < -0.4 is 10.1 Å². The topological polar surface area (TPSA) is 75.7 Å². The van der Waals surface area contributed by atoms with E-state index in [-0.39, 0.29) is 22.8 Å². The summed E-state index contributed by atoms with van der Waals surface area (Å²) in [5, 5.41) is 2.55. The predicted octanol–water partition coefficient (Wildman–Crippen LogP) is 2.89. The minimum Gasteiger partial charge on any atom is -0.495 e. The molecule has 2 rings (SSSR count). The zero-order chi connectivity index (χ0) is 21.1. The Morgan fingerprint density at radius 3 is 2.21 bits per heavy atom. The van der Waals surface area contributed by atoms with E-state index >= 15 is 0 Å². The summed E-state index contributed by atoms with van der Waals surface area (Å²) in [6.07, 6.45) is -4.43. The molecule has 0 aromatic heterocycles. The van der Waals surface area contributed by atoms with Gasteiger partial charge in [-0.2, -0.15) is 13.2 Å². The predicted molar refractivity (Wildman–Crippen MR) is 96.5 cm³/mol. The number of amides is 1. The van der Waals surface area contributed by atoms with Crippen LogP contribution in [0.2, 0.25) is 0 Å². The van der Waals surface area contributed by atoms with Gasteiger partial charge in [0.25, 0.3) is 5.91 Å². The number of alkyl halides is 3. The lowest BCUT2D eigenvalue weighted by atomic mass is 10.1. The molecule has 2 aromatic rings. The number of carbonyl (C=O) groups is 1. The van der Waals surface area contributed by atoms with Crippen molar-refractivity contribution in [2.75, 3.05) is 21.2 Å². The maximum absolute atomic E-state index is 12.6. The van der Waals surface area contributed by atoms with E-state index in [0.29, 0.717) is 5.56 Å². The first-order valence-electron chi connectivity index (χ1n) is 8.01. The summed E-state index contributed by atoms with van der Waals surface area (Å²) in [5.41, 5.74) is -0.236. The monoisotopic (exact) mass is 416 g/mol. The first-order valence-corrected chi connectivity index (χ1v) is 9.45. The average Bonchev–Trinajstić information content (AvgIpc) is 2.65. The van der Waals surface area contributed by atoms with Crippen LogP contribution in [-0.2, 0) is 22.7 Å². The second-order valence-corrected chi connectivity index (χ2v) is 8.15. The van der Waals surface area contributed by atoms with Crippen LogP contribution in [0.1, 0.15) is 21.5 Å². The van der Waals surface area contributed by atoms with Crippen LogP contribution in [0.25, 0.3) is 0 Å². The molecule has 28 heavy (non-hydrogen) atoms. The highest BCUT2D eigenvalue weighted by atomic mass is 32.2. The first kappa shape index (κ1) is 21.7. The van der Waals surface area contributed by atoms with E-state index < -0.39 is 27.7 Å². The van der Waals surface area contributed by atoms with Crippen molar-refractivity contribution in [3.63, 3.8) is 0 Å². The third kappa shape index (κ3) is 4.82. The third-order valence-electron chi connectivity index (χ3n) is 3.92. The molecule has 0 saturated heterocycles. The van der Waals surface area contributed by atoms with Gasteiger partial charge < -0.3 is 10.1 Å². The molecule has 0 bridgehead atoms. The fraction of sp³-hybridized carbons (Fsp3) is 0.278. The molecular formula is C18H19F3N2O4S. The SMILES string of the molecule is COc1ccc(C(=O)NCc2ccc(C(F)(F)F)cc2)cc1S(=O)(=O)N(C)C. The van der Waals surface area contributed by atoms with Crippen LogP contribution in [0.5, 0.6) is 5.75 Å². The van der Waals surface area contributed by atoms with Crippen molar-refractivity contribution in [3.05, 3.63) is 59.2 Å². The highest BCUT2D eigenvalue weighted by Gasteiger charge is 2.30. The second-order valence-electron chi connectivity index (χ2n) is 6.03. The number of sulfonamides is 1. The molecule has 10 heteroatoms. The zero-order valence-electron chi connectivity index (χ0n) is 15.4. The fourth-order valence-corrected chi connectivity index (χ4v) is 3.39. The van der Waals surface area contributed by atoms with Crippen molar-refractivity contribution in [2.45, 2.75) is 17.6 Å². The normalized spacial score (nSPS) is 12.1. The van der Waals surface area contributed by atoms with E-state index in [1.165, 1.54) is 51.5 Å². The summed E-state index contributed by atoms with van der Waals surface area (Å²) in [5.74, 6) is -0.481. The Balaban J connectivity index is 2.19. The molecule has 0 aliphatic carbocycles. The Hall–Kier alpha value is -2.59. The third-order valence-corrected chi connectivity index (χ3v) is 5.76. The van der Waals surface area contributed by atoms with E-state index in [2.05, 4.69) is 5.32 Å². The molecule has 0 spiro atoms. The summed E-state index contributed by atoms with van der Waals surface area (Å²) in [6, 6.07) is 8.33. The van der Waals surface area contributed by atoms with E-state index in [1.807, 2.05) is 0 Å². The second kappa shape index (κ2) is 8.19. The lowest BCUT2D eigenvalue weighted by Crippen LogP contribution is -2.25. The molecular weight excluding hydrogens is 397 g/mol. The van der Waals surface area contributed by atoms with Gasteiger partial charge in [0, 0.05) is 26.2 Å². The van der Waals surface area contributed by atoms with E-state index in [9.17, 15) is 26.4 Å². The lowest BCUT2D eigenvalue weighted by Gasteiger charge is -2.15. The van der Waals surface area contributed by atoms with Gasteiger partial charge in [0.1, 0.15) is 10.6 Å². The van der Waals surface area contributed by atoms with Gasteiger partial charge in [-0.3, -0.25) is 4.79 Å². The minimum absolute atomic E-state index is 0.0151. The van der Waals surface area contributed by atoms with Gasteiger partial charge in [-0.05, 0) is 35.9 Å². The standard InChI is InChI=1S/C18H19F3N2O4S/c1-23(2)28(25,26)16-10-13(6-9-15(16)27-3)17(24)22-11-12-4-7-14(8-5-12)18(19,20)21/h4-10H,11H2,1-3H3,(H,22,24). The molecule has 0 fully saturated rings. The highest BCUT2D eigenvalue weighted by Crippen LogP contribution is 2.29. The number of halogens is 3. The smallest absolute Gasteiger partial charge is 0.416 e. The molecule has 0 saturated carbocycles. The summed E-state index contributed by atoms with van der Waals surface area (Å²) in [7, 11) is 0.181. The lowest BCUT2D eigenvalue weighted by molar-refractivity contribution is -0.137. The van der Waals surface area contributed by atoms with Crippen LogP contribution in [-0.4, -0.2) is 39.8 Å². The van der Waals surface area contributed by atoms with Crippen LogP contribution in [0.15, 0.2) is 47.4 Å². The quantitative estimate of drug-likeness (QED) is 0.786. The van der Waals surface area contributed by atoms with Gasteiger partial charge in [-0.25, -0.2) is 12.7 Å². The molecule has 6 nitrogen and oxygen atoms in total. The zero-order valence-corrected chi connectivity index (χ0v) is 16.2. The van der Waals surface area contributed by atoms with Crippen molar-refractivity contribution >= 4 is 15.9 Å². The van der Waals surface area contributed by atoms with Gasteiger partial charge in [0.05, 0.1) is 12.7 Å². The molecule has 0 unspecified atom stereocenters. The van der Waals surface area contributed by atoms with E-state index in [4.69, 9.17) is 4.74 Å². The number of hydrogen-bond acceptors (Lipinski definition) is 4. The number of ether oxygens (including phenoxy) is 1. The number of rotatable bonds is 6. The van der Waals surface area contributed by atoms with Crippen molar-refractivity contribution in [1.82, 2.24) is 9.62 Å². The van der Waals surface area contributed by atoms with E-state index in [1.54, 1.807) is 0 Å². The van der Waals surface area contributed by atoms with E-state index in [0.717, 1.165) is 16.4 Å². The molecule has 152 valence electrons. The molecule has 0 atom stereocenters. The average molecular weight is 416 g/mol. The molecule has 1 N–H and O–H groups in total. The molecule has 0 aliphatic rings. The van der Waals surface area contributed by atoms with Crippen LogP contribution in [0.4, 0.5) is 13.2 Å². The summed E-state index contributed by atoms with van der Waals surface area (Å²) < 4.78 is 68.6. The Morgan fingerprint density at radius 2 is 1.71 bits per heavy atom. The van der Waals surface area contributed by atoms with Crippen LogP contribution in [0, 0.1) is 0 Å². The maximum Gasteiger partial charge on any atom is 0.416 e. The van der Waals surface area contributed by atoms with Crippen LogP contribution in [0.3, 0.4) is 0 Å². The minimum atomic E-state index is -4.43. The Kier molecular flexibility index (Phi) is 6.35.